The molecule has 12 heterocycles. The molecule has 0 spiro atoms. The van der Waals surface area contributed by atoms with E-state index in [-0.39, 0.29) is 17.1 Å². The molecule has 0 atom stereocenters. The molecule has 0 aliphatic heterocycles. The maximum absolute atomic E-state index is 14.6. The van der Waals surface area contributed by atoms with Gasteiger partial charge in [0, 0.05) is 138 Å². The second kappa shape index (κ2) is 27.8. The van der Waals surface area contributed by atoms with E-state index in [1.165, 1.54) is 72.7 Å². The van der Waals surface area contributed by atoms with E-state index in [9.17, 15) is 4.39 Å². The van der Waals surface area contributed by atoms with E-state index >= 15 is 0 Å². The average Bonchev–Trinajstić information content (AvgIpc) is 1.55. The van der Waals surface area contributed by atoms with Gasteiger partial charge in [0.25, 0.3) is 0 Å². The van der Waals surface area contributed by atoms with E-state index in [1.807, 2.05) is 181 Å². The smallest absolute Gasteiger partial charge is 0.312 e. The number of rotatable bonds is 8. The Labute approximate surface area is 762 Å². The second-order valence-corrected chi connectivity index (χ2v) is 37.7. The molecule has 0 bridgehead atoms. The van der Waals surface area contributed by atoms with E-state index < -0.39 is 6.08 Å². The lowest BCUT2D eigenvalue weighted by molar-refractivity contribution is 0.536. The zero-order valence-electron chi connectivity index (χ0n) is 70.3. The normalized spacial score (nSPS) is 12.8. The van der Waals surface area contributed by atoms with Crippen LogP contribution in [-0.4, -0.2) is 44.9 Å². The third kappa shape index (κ3) is 11.1. The standard InChI is InChI=1S/C46H27N3OS2.C37H19N3O2S.C31H14FN3O3/c1-46(2)31-15-9-8-14-28(31)29-17-16-26(22-32(29)46)44-47-43(24-10-4-3-5-11-24)48-45(49-44)30-18-19-33-37-38-35(52-42(30)37)21-20-34-39(38)40-36(51-34)23-25-12-6-7-13-27(25)41(40)50-33;1-3-9-20(10-4-1)35-38-36(21-11-5-2-6-12-21)40-37(39-35)23-17-26-30-27(18-23)42-34-24-14-8-7-13-22(24)19-29-33(34)32-28(43-29)16-15-25(41-26)31(30)32;32-31-34-29(15-6-2-1-3-7-15)33-30(35-31)17-13-21-24-22(14-17)38-28-18-9-5-4-8-16(18)12-23-27(28)26-20(37-23)11-10-19(36-21)25(24)26/h3-23H,1-2H3;1-19H;1-14H. The molecule has 1 aliphatic carbocycles. The summed E-state index contributed by atoms with van der Waals surface area (Å²) in [4.78, 5) is 42.9. The summed E-state index contributed by atoms with van der Waals surface area (Å²) >= 11 is 5.43. The molecular weight excluding hydrogens is 1710 g/mol. The van der Waals surface area contributed by atoms with Crippen LogP contribution < -0.4 is 0 Å². The third-order valence-electron chi connectivity index (χ3n) is 26.6. The molecule has 19 heteroatoms. The monoisotopic (exact) mass is 1770 g/mol. The van der Waals surface area contributed by atoms with Gasteiger partial charge in [-0.05, 0) is 135 Å². The fourth-order valence-electron chi connectivity index (χ4n) is 20.6. The van der Waals surface area contributed by atoms with Crippen LogP contribution in [0.25, 0.3) is 294 Å². The molecule has 0 radical (unpaired) electrons. The molecule has 0 unspecified atom stereocenters. The van der Waals surface area contributed by atoms with Gasteiger partial charge < -0.3 is 26.5 Å². The number of benzene rings is 18. The molecule has 622 valence electrons. The minimum Gasteiger partial charge on any atom is -0.456 e. The summed E-state index contributed by atoms with van der Waals surface area (Å²) in [6, 6.07) is 111. The van der Waals surface area contributed by atoms with Crippen LogP contribution in [0.2, 0.25) is 0 Å². The van der Waals surface area contributed by atoms with Gasteiger partial charge in [0.05, 0.1) is 20.9 Å². The van der Waals surface area contributed by atoms with Crippen molar-refractivity contribution in [1.82, 2.24) is 44.9 Å². The number of nitrogens with zero attached hydrogens (tertiary/aromatic N) is 9. The minimum atomic E-state index is -0.857. The van der Waals surface area contributed by atoms with Crippen LogP contribution in [0.3, 0.4) is 0 Å². The lowest BCUT2D eigenvalue weighted by atomic mass is 9.82. The van der Waals surface area contributed by atoms with Crippen LogP contribution in [0.4, 0.5) is 4.39 Å². The van der Waals surface area contributed by atoms with Gasteiger partial charge in [0.1, 0.15) is 67.0 Å². The SMILES string of the molecule is CC1(C)c2ccccc2-c2ccc(-c3nc(-c4ccccc4)nc(-c4ccc5oc6c7ccccc7cc7sc8ccc9sc4c5c9c8c76)n3)cc21.Fc1nc(-c2ccccc2)nc(-c2cc3oc4ccc5oc6cc7ccccc7c7oc(c2)c3c4c5c67)n1.c1ccc(-c2nc(-c3ccccc3)nc(-c3cc4oc5ccc6sc7cc8ccccc8c8oc(c3)c4c5c6c78)n2)cc1. The number of thiophene rings is 3. The van der Waals surface area contributed by atoms with Crippen LogP contribution in [0.5, 0.6) is 0 Å². The minimum absolute atomic E-state index is 0.132. The number of halogens is 1. The Morgan fingerprint density at radius 2 is 0.564 bits per heavy atom. The van der Waals surface area contributed by atoms with Crippen LogP contribution in [0.1, 0.15) is 25.0 Å². The van der Waals surface area contributed by atoms with Gasteiger partial charge in [0.2, 0.25) is 0 Å². The number of aromatic nitrogens is 9. The molecule has 12 aromatic heterocycles. The van der Waals surface area contributed by atoms with Gasteiger partial charge in [0.15, 0.2) is 46.6 Å². The predicted octanol–water partition coefficient (Wildman–Crippen LogP) is 32.2. The summed E-state index contributed by atoms with van der Waals surface area (Å²) in [5, 5.41) is 19.5. The number of furan rings is 3. The van der Waals surface area contributed by atoms with E-state index in [0.717, 1.165) is 153 Å². The Kier molecular flexibility index (Phi) is 15.5. The summed E-state index contributed by atoms with van der Waals surface area (Å²) in [5.74, 6) is 4.20. The summed E-state index contributed by atoms with van der Waals surface area (Å²) in [6.07, 6.45) is -0.857. The van der Waals surface area contributed by atoms with Crippen molar-refractivity contribution in [2.24, 2.45) is 0 Å². The van der Waals surface area contributed by atoms with Crippen molar-refractivity contribution in [3.8, 4) is 102 Å². The first-order valence-electron chi connectivity index (χ1n) is 43.8. The molecule has 31 rings (SSSR count). The molecule has 0 saturated heterocycles. The third-order valence-corrected chi connectivity index (χ3v) is 30.0. The summed E-state index contributed by atoms with van der Waals surface area (Å²) in [5.41, 5.74) is 21.0. The first-order chi connectivity index (χ1) is 65.5. The molecule has 0 N–H and O–H groups in total. The zero-order chi connectivity index (χ0) is 87.3. The molecule has 133 heavy (non-hydrogen) atoms. The summed E-state index contributed by atoms with van der Waals surface area (Å²) in [7, 11) is 0. The first-order valence-corrected chi connectivity index (χ1v) is 46.2. The molecule has 0 saturated carbocycles. The lowest BCUT2D eigenvalue weighted by Crippen LogP contribution is -2.15. The highest BCUT2D eigenvalue weighted by Crippen LogP contribution is 2.56. The second-order valence-electron chi connectivity index (χ2n) is 34.5. The maximum atomic E-state index is 14.6. The number of hydrogen-bond acceptors (Lipinski definition) is 18. The van der Waals surface area contributed by atoms with Crippen LogP contribution in [0.15, 0.2) is 354 Å². The average molecular weight is 1770 g/mol. The van der Waals surface area contributed by atoms with Gasteiger partial charge >= 0.3 is 6.08 Å². The van der Waals surface area contributed by atoms with Crippen molar-refractivity contribution in [2.75, 3.05) is 0 Å². The van der Waals surface area contributed by atoms with Crippen molar-refractivity contribution >= 4 is 226 Å². The first kappa shape index (κ1) is 74.1. The molecule has 0 amide bonds. The highest BCUT2D eigenvalue weighted by molar-refractivity contribution is 7.28. The summed E-state index contributed by atoms with van der Waals surface area (Å²) in [6.45, 7) is 4.62. The fourth-order valence-corrected chi connectivity index (χ4v) is 24.2. The Bertz CT molecular complexity index is 10100. The van der Waals surface area contributed by atoms with Gasteiger partial charge in [-0.3, -0.25) is 0 Å². The molecule has 0 fully saturated rings. The predicted molar refractivity (Wildman–Crippen MR) is 536 cm³/mol. The highest BCUT2D eigenvalue weighted by atomic mass is 32.1. The summed E-state index contributed by atoms with van der Waals surface area (Å²) < 4.78 is 61.7. The largest absolute Gasteiger partial charge is 0.456 e. The van der Waals surface area contributed by atoms with Crippen molar-refractivity contribution in [1.29, 1.82) is 0 Å². The number of fused-ring (bicyclic) bond motifs is 9. The lowest BCUT2D eigenvalue weighted by Gasteiger charge is -2.21. The Hall–Kier alpha value is -16.8. The van der Waals surface area contributed by atoms with Crippen LogP contribution in [0, 0.1) is 6.08 Å². The molecule has 15 nitrogen and oxygen atoms in total. The highest BCUT2D eigenvalue weighted by Gasteiger charge is 2.37. The van der Waals surface area contributed by atoms with Crippen molar-refractivity contribution in [3.05, 3.63) is 345 Å². The van der Waals surface area contributed by atoms with Crippen LogP contribution >= 0.6 is 34.0 Å². The fraction of sp³-hybridized carbons (Fsp3) is 0.0263. The van der Waals surface area contributed by atoms with Crippen molar-refractivity contribution in [3.63, 3.8) is 0 Å². The Morgan fingerprint density at radius 3 is 1.10 bits per heavy atom. The van der Waals surface area contributed by atoms with Crippen molar-refractivity contribution < 1.29 is 30.9 Å². The van der Waals surface area contributed by atoms with E-state index in [0.29, 0.717) is 68.4 Å². The quantitative estimate of drug-likeness (QED) is 0.139. The topological polar surface area (TPSA) is 195 Å². The molecule has 1 aliphatic rings. The van der Waals surface area contributed by atoms with Gasteiger partial charge in [-0.2, -0.15) is 14.4 Å². The van der Waals surface area contributed by atoms with Gasteiger partial charge in [-0.25, -0.2) is 34.9 Å². The maximum Gasteiger partial charge on any atom is 0.312 e. The van der Waals surface area contributed by atoms with Crippen LogP contribution in [-0.2, 0) is 5.41 Å². The van der Waals surface area contributed by atoms with E-state index in [4.69, 9.17) is 56.4 Å². The van der Waals surface area contributed by atoms with E-state index in [2.05, 4.69) is 187 Å². The molecule has 18 aromatic carbocycles. The Morgan fingerprint density at radius 1 is 0.218 bits per heavy atom. The molecule has 30 aromatic rings. The zero-order valence-corrected chi connectivity index (χ0v) is 72.7. The van der Waals surface area contributed by atoms with Gasteiger partial charge in [-0.1, -0.05) is 244 Å². The van der Waals surface area contributed by atoms with E-state index in [1.54, 1.807) is 22.7 Å². The number of hydrogen-bond donors (Lipinski definition) is 0. The molecular formula is C114H60FN9O6S3. The Balaban J connectivity index is 0.0000000987. The van der Waals surface area contributed by atoms with Crippen molar-refractivity contribution in [2.45, 2.75) is 19.3 Å². The van der Waals surface area contributed by atoms with Gasteiger partial charge in [-0.15, -0.1) is 34.0 Å².